The van der Waals surface area contributed by atoms with Crippen molar-refractivity contribution in [1.29, 1.82) is 0 Å². The smallest absolute Gasteiger partial charge is 0.139 e. The topological polar surface area (TPSA) is 17.1 Å². The molecule has 0 unspecified atom stereocenters. The van der Waals surface area contributed by atoms with Crippen molar-refractivity contribution in [2.24, 2.45) is 10.8 Å². The van der Waals surface area contributed by atoms with Crippen LogP contribution in [0.5, 0.6) is 0 Å². The summed E-state index contributed by atoms with van der Waals surface area (Å²) in [5.74, 6) is 0.609. The highest BCUT2D eigenvalue weighted by molar-refractivity contribution is 5.92. The van der Waals surface area contributed by atoms with Gasteiger partial charge in [0, 0.05) is 11.8 Å². The molecule has 0 spiro atoms. The minimum absolute atomic E-state index is 0.255. The molecule has 0 N–H and O–H groups in total. The highest BCUT2D eigenvalue weighted by Crippen LogP contribution is 2.77. The summed E-state index contributed by atoms with van der Waals surface area (Å²) < 4.78 is 0. The first-order chi connectivity index (χ1) is 5.29. The lowest BCUT2D eigenvalue weighted by atomic mass is 9.81. The van der Waals surface area contributed by atoms with Crippen LogP contribution in [-0.2, 0) is 4.79 Å². The lowest BCUT2D eigenvalue weighted by molar-refractivity contribution is -0.123. The molecule has 3 saturated carbocycles. The van der Waals surface area contributed by atoms with E-state index >= 15 is 0 Å². The second-order valence-corrected chi connectivity index (χ2v) is 4.67. The van der Waals surface area contributed by atoms with Crippen LogP contribution in [0.25, 0.3) is 0 Å². The van der Waals surface area contributed by atoms with Gasteiger partial charge in [0.05, 0.1) is 0 Å². The van der Waals surface area contributed by atoms with Crippen molar-refractivity contribution in [2.45, 2.75) is 44.9 Å². The second kappa shape index (κ2) is 1.55. The van der Waals surface area contributed by atoms with E-state index in [1.165, 1.54) is 38.5 Å². The third kappa shape index (κ3) is 0.502. The molecule has 0 saturated heterocycles. The first-order valence-corrected chi connectivity index (χ1v) is 4.83. The van der Waals surface area contributed by atoms with E-state index < -0.39 is 0 Å². The maximum atomic E-state index is 11.6. The van der Waals surface area contributed by atoms with Crippen LogP contribution < -0.4 is 0 Å². The van der Waals surface area contributed by atoms with Gasteiger partial charge in [-0.1, -0.05) is 12.8 Å². The Morgan fingerprint density at radius 2 is 1.91 bits per heavy atom. The number of rotatable bonds is 0. The number of carbonyl (C=O) groups excluding carboxylic acids is 1. The quantitative estimate of drug-likeness (QED) is 0.518. The van der Waals surface area contributed by atoms with E-state index in [-0.39, 0.29) is 5.41 Å². The summed E-state index contributed by atoms with van der Waals surface area (Å²) in [6, 6.07) is 0. The molecule has 1 nitrogen and oxygen atoms in total. The van der Waals surface area contributed by atoms with E-state index in [0.29, 0.717) is 11.2 Å². The normalized spacial score (nSPS) is 53.6. The number of Topliss-reactive ketones (excluding diaryl/α,β-unsaturated/α-hetero) is 1. The van der Waals surface area contributed by atoms with Crippen molar-refractivity contribution in [3.05, 3.63) is 0 Å². The van der Waals surface area contributed by atoms with Gasteiger partial charge >= 0.3 is 0 Å². The first-order valence-electron chi connectivity index (χ1n) is 4.83. The summed E-state index contributed by atoms with van der Waals surface area (Å²) in [5.41, 5.74) is 0.813. The zero-order valence-electron chi connectivity index (χ0n) is 6.86. The predicted molar refractivity (Wildman–Crippen MR) is 42.2 cm³/mol. The molecule has 3 fully saturated rings. The van der Waals surface area contributed by atoms with Gasteiger partial charge in [0.25, 0.3) is 0 Å². The van der Waals surface area contributed by atoms with Crippen LogP contribution in [0.3, 0.4) is 0 Å². The highest BCUT2D eigenvalue weighted by Gasteiger charge is 2.73. The van der Waals surface area contributed by atoms with Crippen LogP contribution >= 0.6 is 0 Å². The summed E-state index contributed by atoms with van der Waals surface area (Å²) in [6.45, 7) is 0. The van der Waals surface area contributed by atoms with Crippen molar-refractivity contribution in [1.82, 2.24) is 0 Å². The fourth-order valence-corrected chi connectivity index (χ4v) is 3.68. The van der Waals surface area contributed by atoms with Gasteiger partial charge in [-0.2, -0.15) is 0 Å². The Kier molecular flexibility index (Phi) is 0.875. The largest absolute Gasteiger partial charge is 0.299 e. The van der Waals surface area contributed by atoms with E-state index in [2.05, 4.69) is 0 Å². The van der Waals surface area contributed by atoms with E-state index in [0.717, 1.165) is 6.42 Å². The van der Waals surface area contributed by atoms with Crippen LogP contribution in [0.1, 0.15) is 44.9 Å². The summed E-state index contributed by atoms with van der Waals surface area (Å²) in [7, 11) is 0. The molecule has 3 rings (SSSR count). The van der Waals surface area contributed by atoms with Gasteiger partial charge in [0.2, 0.25) is 0 Å². The number of hydrogen-bond donors (Lipinski definition) is 0. The average Bonchev–Trinajstić information content (AvgIpc) is 2.63. The molecule has 0 aromatic heterocycles. The molecule has 3 aliphatic rings. The molecule has 0 amide bonds. The van der Waals surface area contributed by atoms with Crippen LogP contribution in [0.4, 0.5) is 0 Å². The van der Waals surface area contributed by atoms with Gasteiger partial charge in [-0.3, -0.25) is 4.79 Å². The zero-order chi connectivity index (χ0) is 7.53. The molecular weight excluding hydrogens is 136 g/mol. The Morgan fingerprint density at radius 1 is 1.09 bits per heavy atom. The summed E-state index contributed by atoms with van der Waals surface area (Å²) >= 11 is 0. The SMILES string of the molecule is O=C1CC[C@]23CCCC[C@]12C3. The van der Waals surface area contributed by atoms with E-state index in [1.807, 2.05) is 0 Å². The monoisotopic (exact) mass is 150 g/mol. The zero-order valence-corrected chi connectivity index (χ0v) is 6.86. The molecule has 1 heteroatoms. The van der Waals surface area contributed by atoms with Crippen molar-refractivity contribution in [3.8, 4) is 0 Å². The molecule has 0 bridgehead atoms. The summed E-state index contributed by atoms with van der Waals surface area (Å²) in [6.07, 6.45) is 8.68. The molecule has 0 heterocycles. The summed E-state index contributed by atoms with van der Waals surface area (Å²) in [4.78, 5) is 11.6. The van der Waals surface area contributed by atoms with Gasteiger partial charge < -0.3 is 0 Å². The molecule has 2 atom stereocenters. The van der Waals surface area contributed by atoms with Gasteiger partial charge in [0.15, 0.2) is 0 Å². The van der Waals surface area contributed by atoms with E-state index in [4.69, 9.17) is 0 Å². The van der Waals surface area contributed by atoms with Gasteiger partial charge in [0.1, 0.15) is 5.78 Å². The Bertz CT molecular complexity index is 229. The van der Waals surface area contributed by atoms with E-state index in [9.17, 15) is 4.79 Å². The molecule has 0 aromatic rings. The lowest BCUT2D eigenvalue weighted by Gasteiger charge is -2.22. The number of carbonyl (C=O) groups is 1. The van der Waals surface area contributed by atoms with Crippen molar-refractivity contribution in [3.63, 3.8) is 0 Å². The molecule has 0 aliphatic heterocycles. The van der Waals surface area contributed by atoms with Crippen molar-refractivity contribution >= 4 is 5.78 Å². The third-order valence-electron chi connectivity index (χ3n) is 4.40. The van der Waals surface area contributed by atoms with E-state index in [1.54, 1.807) is 0 Å². The van der Waals surface area contributed by atoms with Gasteiger partial charge in [-0.25, -0.2) is 0 Å². The van der Waals surface area contributed by atoms with Crippen LogP contribution in [-0.4, -0.2) is 5.78 Å². The van der Waals surface area contributed by atoms with Gasteiger partial charge in [-0.15, -0.1) is 0 Å². The maximum Gasteiger partial charge on any atom is 0.139 e. The molecule has 60 valence electrons. The minimum atomic E-state index is 0.255. The average molecular weight is 150 g/mol. The van der Waals surface area contributed by atoms with Crippen molar-refractivity contribution in [2.75, 3.05) is 0 Å². The Balaban J connectivity index is 2.02. The molecule has 0 radical (unpaired) electrons. The van der Waals surface area contributed by atoms with Crippen LogP contribution in [0.15, 0.2) is 0 Å². The Hall–Kier alpha value is -0.330. The number of ketones is 1. The standard InChI is InChI=1S/C10H14O/c11-8-3-6-9-4-1-2-5-10(8,9)7-9/h1-7H2/t9-,10-/m0/s1. The molecule has 3 aliphatic carbocycles. The second-order valence-electron chi connectivity index (χ2n) is 4.67. The fraction of sp³-hybridized carbons (Fsp3) is 0.900. The van der Waals surface area contributed by atoms with Crippen molar-refractivity contribution < 1.29 is 4.79 Å². The Labute approximate surface area is 67.2 Å². The minimum Gasteiger partial charge on any atom is -0.299 e. The third-order valence-corrected chi connectivity index (χ3v) is 4.40. The molecular formula is C10H14O. The predicted octanol–water partition coefficient (Wildman–Crippen LogP) is 2.30. The number of hydrogen-bond acceptors (Lipinski definition) is 1. The Morgan fingerprint density at radius 3 is 2.73 bits per heavy atom. The highest BCUT2D eigenvalue weighted by atomic mass is 16.1. The summed E-state index contributed by atoms with van der Waals surface area (Å²) in [5, 5.41) is 0. The molecule has 11 heavy (non-hydrogen) atoms. The lowest BCUT2D eigenvalue weighted by Crippen LogP contribution is -2.19. The fourth-order valence-electron chi connectivity index (χ4n) is 3.68. The van der Waals surface area contributed by atoms with Crippen LogP contribution in [0.2, 0.25) is 0 Å². The maximum absolute atomic E-state index is 11.6. The first kappa shape index (κ1) is 6.22. The van der Waals surface area contributed by atoms with Gasteiger partial charge in [-0.05, 0) is 31.1 Å². The molecule has 0 aromatic carbocycles. The van der Waals surface area contributed by atoms with Crippen LogP contribution in [0, 0.1) is 10.8 Å².